The molecule has 0 amide bonds. The van der Waals surface area contributed by atoms with Gasteiger partial charge in [0.25, 0.3) is 0 Å². The molecule has 3 aromatic rings. The number of nitrogens with two attached hydrogens (primary N) is 1. The monoisotopic (exact) mass is 392 g/mol. The molecule has 2 heterocycles. The molecule has 0 aliphatic heterocycles. The average molecular weight is 393 g/mol. The first kappa shape index (κ1) is 16.4. The van der Waals surface area contributed by atoms with Crippen molar-refractivity contribution in [2.24, 2.45) is 0 Å². The van der Waals surface area contributed by atoms with Gasteiger partial charge in [-0.05, 0) is 34.1 Å². The summed E-state index contributed by atoms with van der Waals surface area (Å²) in [6.07, 6.45) is 0.707. The Morgan fingerprint density at radius 3 is 2.58 bits per heavy atom. The molecular weight excluding hydrogens is 376 g/mol. The molecule has 0 spiro atoms. The van der Waals surface area contributed by atoms with Gasteiger partial charge in [-0.1, -0.05) is 0 Å². The van der Waals surface area contributed by atoms with Crippen molar-refractivity contribution < 1.29 is 13.9 Å². The summed E-state index contributed by atoms with van der Waals surface area (Å²) in [6, 6.07) is 7.33. The van der Waals surface area contributed by atoms with Crippen LogP contribution in [0.5, 0.6) is 11.5 Å². The molecule has 0 atom stereocenters. The molecule has 0 saturated heterocycles. The van der Waals surface area contributed by atoms with E-state index >= 15 is 0 Å². The van der Waals surface area contributed by atoms with Gasteiger partial charge in [0, 0.05) is 24.4 Å². The van der Waals surface area contributed by atoms with Crippen molar-refractivity contribution in [3.8, 4) is 11.5 Å². The highest BCUT2D eigenvalue weighted by molar-refractivity contribution is 9.10. The Morgan fingerprint density at radius 1 is 1.17 bits per heavy atom. The number of halogens is 1. The molecule has 1 aromatic carbocycles. The van der Waals surface area contributed by atoms with E-state index in [0.717, 1.165) is 5.76 Å². The minimum Gasteiger partial charge on any atom is -0.493 e. The highest BCUT2D eigenvalue weighted by atomic mass is 79.9. The van der Waals surface area contributed by atoms with Crippen molar-refractivity contribution >= 4 is 38.6 Å². The van der Waals surface area contributed by atoms with Crippen LogP contribution in [0.2, 0.25) is 0 Å². The van der Waals surface area contributed by atoms with E-state index in [-0.39, 0.29) is 0 Å². The predicted octanol–water partition coefficient (Wildman–Crippen LogP) is 3.24. The van der Waals surface area contributed by atoms with Crippen LogP contribution < -0.4 is 20.5 Å². The third-order valence-electron chi connectivity index (χ3n) is 3.51. The third kappa shape index (κ3) is 3.38. The van der Waals surface area contributed by atoms with E-state index in [1.165, 1.54) is 0 Å². The Kier molecular flexibility index (Phi) is 4.75. The number of nitrogens with one attached hydrogen (secondary N) is 1. The van der Waals surface area contributed by atoms with Crippen LogP contribution in [0.15, 0.2) is 33.4 Å². The van der Waals surface area contributed by atoms with E-state index in [1.807, 2.05) is 12.1 Å². The second kappa shape index (κ2) is 6.96. The van der Waals surface area contributed by atoms with Crippen LogP contribution >= 0.6 is 15.9 Å². The number of ether oxygens (including phenoxy) is 2. The van der Waals surface area contributed by atoms with E-state index in [4.69, 9.17) is 19.6 Å². The quantitative estimate of drug-likeness (QED) is 0.664. The minimum absolute atomic E-state index is 0.379. The molecule has 0 bridgehead atoms. The highest BCUT2D eigenvalue weighted by Crippen LogP contribution is 2.33. The van der Waals surface area contributed by atoms with E-state index in [1.54, 1.807) is 26.4 Å². The van der Waals surface area contributed by atoms with Crippen LogP contribution in [0.25, 0.3) is 10.9 Å². The van der Waals surface area contributed by atoms with Gasteiger partial charge >= 0.3 is 0 Å². The number of methoxy groups -OCH3 is 2. The molecule has 8 heteroatoms. The lowest BCUT2D eigenvalue weighted by Gasteiger charge is -2.11. The highest BCUT2D eigenvalue weighted by Gasteiger charge is 2.11. The summed E-state index contributed by atoms with van der Waals surface area (Å²) in [5, 5.41) is 3.87. The molecule has 0 saturated carbocycles. The lowest BCUT2D eigenvalue weighted by atomic mass is 10.2. The van der Waals surface area contributed by atoms with Crippen LogP contribution in [0, 0.1) is 0 Å². The molecule has 7 nitrogen and oxygen atoms in total. The van der Waals surface area contributed by atoms with Crippen LogP contribution in [-0.2, 0) is 6.42 Å². The summed E-state index contributed by atoms with van der Waals surface area (Å²) in [4.78, 5) is 8.77. The van der Waals surface area contributed by atoms with Crippen LogP contribution in [0.1, 0.15) is 5.76 Å². The standard InChI is InChI=1S/C16H17BrN4O3/c1-22-12-7-10-11(8-13(12)23-2)20-16(21-15(10)18)19-6-5-9-3-4-14(17)24-9/h3-4,7-8H,5-6H2,1-2H3,(H3,18,19,20,21). The van der Waals surface area contributed by atoms with E-state index in [2.05, 4.69) is 31.2 Å². The lowest BCUT2D eigenvalue weighted by Crippen LogP contribution is -2.09. The van der Waals surface area contributed by atoms with Gasteiger partial charge in [-0.3, -0.25) is 0 Å². The van der Waals surface area contributed by atoms with Crippen molar-refractivity contribution in [1.82, 2.24) is 9.97 Å². The number of nitrogens with zero attached hydrogens (tertiary/aromatic N) is 2. The largest absolute Gasteiger partial charge is 0.493 e. The van der Waals surface area contributed by atoms with Crippen LogP contribution in [0.3, 0.4) is 0 Å². The predicted molar refractivity (Wildman–Crippen MR) is 95.7 cm³/mol. The Morgan fingerprint density at radius 2 is 1.92 bits per heavy atom. The van der Waals surface area contributed by atoms with Gasteiger partial charge < -0.3 is 24.9 Å². The lowest BCUT2D eigenvalue weighted by molar-refractivity contribution is 0.356. The van der Waals surface area contributed by atoms with Crippen molar-refractivity contribution in [3.63, 3.8) is 0 Å². The van der Waals surface area contributed by atoms with Crippen molar-refractivity contribution in [3.05, 3.63) is 34.7 Å². The summed E-state index contributed by atoms with van der Waals surface area (Å²) < 4.78 is 16.7. The zero-order chi connectivity index (χ0) is 17.1. The summed E-state index contributed by atoms with van der Waals surface area (Å²) >= 11 is 3.28. The maximum absolute atomic E-state index is 6.05. The smallest absolute Gasteiger partial charge is 0.225 e. The number of hydrogen-bond acceptors (Lipinski definition) is 7. The van der Waals surface area contributed by atoms with Crippen LogP contribution in [0.4, 0.5) is 11.8 Å². The molecule has 0 unspecified atom stereocenters. The molecule has 0 aliphatic carbocycles. The number of rotatable bonds is 6. The van der Waals surface area contributed by atoms with Gasteiger partial charge in [0.1, 0.15) is 11.6 Å². The fraction of sp³-hybridized carbons (Fsp3) is 0.250. The number of fused-ring (bicyclic) bond motifs is 1. The molecule has 3 N–H and O–H groups in total. The Bertz CT molecular complexity index is 866. The topological polar surface area (TPSA) is 95.4 Å². The van der Waals surface area contributed by atoms with Crippen molar-refractivity contribution in [2.45, 2.75) is 6.42 Å². The fourth-order valence-electron chi connectivity index (χ4n) is 2.34. The van der Waals surface area contributed by atoms with E-state index < -0.39 is 0 Å². The summed E-state index contributed by atoms with van der Waals surface area (Å²) in [7, 11) is 3.15. The Labute approximate surface area is 147 Å². The van der Waals surface area contributed by atoms with Gasteiger partial charge in [0.2, 0.25) is 5.95 Å². The second-order valence-corrected chi connectivity index (χ2v) is 5.82. The van der Waals surface area contributed by atoms with Crippen molar-refractivity contribution in [1.29, 1.82) is 0 Å². The molecular formula is C16H17BrN4O3. The zero-order valence-corrected chi connectivity index (χ0v) is 14.9. The fourth-order valence-corrected chi connectivity index (χ4v) is 2.68. The summed E-state index contributed by atoms with van der Waals surface area (Å²) in [5.74, 6) is 2.88. The number of nitrogen functional groups attached to an aromatic ring is 1. The molecule has 3 rings (SSSR count). The number of aromatic nitrogens is 2. The number of benzene rings is 1. The van der Waals surface area contributed by atoms with Crippen molar-refractivity contribution in [2.75, 3.05) is 31.8 Å². The van der Waals surface area contributed by atoms with E-state index in [9.17, 15) is 0 Å². The number of hydrogen-bond donors (Lipinski definition) is 2. The third-order valence-corrected chi connectivity index (χ3v) is 3.94. The first-order valence-corrected chi connectivity index (χ1v) is 8.07. The first-order valence-electron chi connectivity index (χ1n) is 7.28. The molecule has 24 heavy (non-hydrogen) atoms. The molecule has 2 aromatic heterocycles. The number of furan rings is 1. The summed E-state index contributed by atoms with van der Waals surface area (Å²) in [6.45, 7) is 0.623. The molecule has 0 fully saturated rings. The first-order chi connectivity index (χ1) is 11.6. The molecule has 126 valence electrons. The van der Waals surface area contributed by atoms with Gasteiger partial charge in [0.05, 0.1) is 19.7 Å². The molecule has 0 aliphatic rings. The zero-order valence-electron chi connectivity index (χ0n) is 13.3. The maximum atomic E-state index is 6.05. The Balaban J connectivity index is 1.81. The van der Waals surface area contributed by atoms with Gasteiger partial charge in [-0.15, -0.1) is 0 Å². The average Bonchev–Trinajstić information content (AvgIpc) is 2.99. The van der Waals surface area contributed by atoms with Gasteiger partial charge in [0.15, 0.2) is 16.2 Å². The van der Waals surface area contributed by atoms with Gasteiger partial charge in [-0.2, -0.15) is 4.98 Å². The SMILES string of the molecule is COc1cc2nc(NCCc3ccc(Br)o3)nc(N)c2cc1OC. The van der Waals surface area contributed by atoms with Crippen LogP contribution in [-0.4, -0.2) is 30.7 Å². The number of anilines is 2. The van der Waals surface area contributed by atoms with E-state index in [0.29, 0.717) is 51.8 Å². The minimum atomic E-state index is 0.379. The molecule has 0 radical (unpaired) electrons. The maximum Gasteiger partial charge on any atom is 0.225 e. The summed E-state index contributed by atoms with van der Waals surface area (Å²) in [5.41, 5.74) is 6.73. The second-order valence-electron chi connectivity index (χ2n) is 5.04. The van der Waals surface area contributed by atoms with Gasteiger partial charge in [-0.25, -0.2) is 4.98 Å². The Hall–Kier alpha value is -2.48. The normalized spacial score (nSPS) is 10.8.